The molecule has 1 saturated carbocycles. The van der Waals surface area contributed by atoms with Crippen LogP contribution in [0, 0.1) is 0 Å². The Morgan fingerprint density at radius 3 is 2.73 bits per heavy atom. The molecule has 0 unspecified atom stereocenters. The molecule has 0 spiro atoms. The predicted molar refractivity (Wildman–Crippen MR) is 97.4 cm³/mol. The maximum Gasteiger partial charge on any atom is 0.337 e. The van der Waals surface area contributed by atoms with Crippen molar-refractivity contribution in [3.8, 4) is 0 Å². The van der Waals surface area contributed by atoms with Gasteiger partial charge in [0.05, 0.1) is 12.7 Å². The van der Waals surface area contributed by atoms with Crippen LogP contribution in [0.3, 0.4) is 0 Å². The molecule has 0 saturated heterocycles. The van der Waals surface area contributed by atoms with Gasteiger partial charge in [0.1, 0.15) is 5.69 Å². The van der Waals surface area contributed by atoms with Crippen molar-refractivity contribution in [1.82, 2.24) is 15.3 Å². The van der Waals surface area contributed by atoms with Crippen LogP contribution in [0.1, 0.15) is 53.0 Å². The summed E-state index contributed by atoms with van der Waals surface area (Å²) >= 11 is 0. The lowest BCUT2D eigenvalue weighted by Gasteiger charge is -2.22. The second-order valence-corrected chi connectivity index (χ2v) is 6.27. The van der Waals surface area contributed by atoms with Gasteiger partial charge in [0.15, 0.2) is 0 Å². The molecule has 2 N–H and O–H groups in total. The summed E-state index contributed by atoms with van der Waals surface area (Å²) in [5.41, 5.74) is 1.37. The van der Waals surface area contributed by atoms with Crippen molar-refractivity contribution in [3.05, 3.63) is 47.8 Å². The maximum atomic E-state index is 12.4. The van der Waals surface area contributed by atoms with Crippen LogP contribution >= 0.6 is 0 Å². The van der Waals surface area contributed by atoms with E-state index in [0.717, 1.165) is 25.7 Å². The van der Waals surface area contributed by atoms with Gasteiger partial charge in [0, 0.05) is 17.9 Å². The smallest absolute Gasteiger partial charge is 0.337 e. The number of rotatable bonds is 5. The maximum absolute atomic E-state index is 12.4. The lowest BCUT2D eigenvalue weighted by molar-refractivity contribution is 0.0600. The highest BCUT2D eigenvalue weighted by Gasteiger charge is 2.17. The minimum atomic E-state index is -0.421. The Morgan fingerprint density at radius 1 is 1.15 bits per heavy atom. The normalized spacial score (nSPS) is 14.5. The van der Waals surface area contributed by atoms with Crippen LogP contribution in [-0.4, -0.2) is 35.0 Å². The number of carbonyl (C=O) groups is 2. The zero-order valence-electron chi connectivity index (χ0n) is 14.7. The number of benzene rings is 1. The number of nitrogens with one attached hydrogen (secondary N) is 2. The Kier molecular flexibility index (Phi) is 5.78. The van der Waals surface area contributed by atoms with Gasteiger partial charge in [-0.25, -0.2) is 14.8 Å². The van der Waals surface area contributed by atoms with E-state index in [1.54, 1.807) is 30.3 Å². The van der Waals surface area contributed by atoms with Crippen molar-refractivity contribution in [1.29, 1.82) is 0 Å². The molecule has 1 heterocycles. The number of carbonyl (C=O) groups excluding carboxylic acids is 2. The molecule has 0 bridgehead atoms. The molecule has 0 aliphatic heterocycles. The van der Waals surface area contributed by atoms with Gasteiger partial charge >= 0.3 is 5.97 Å². The number of ether oxygens (including phenoxy) is 1. The van der Waals surface area contributed by atoms with Crippen molar-refractivity contribution >= 4 is 23.5 Å². The van der Waals surface area contributed by atoms with E-state index in [-0.39, 0.29) is 11.9 Å². The van der Waals surface area contributed by atoms with Crippen molar-refractivity contribution in [2.24, 2.45) is 0 Å². The first-order valence-corrected chi connectivity index (χ1v) is 8.75. The Morgan fingerprint density at radius 2 is 1.96 bits per heavy atom. The fourth-order valence-corrected chi connectivity index (χ4v) is 3.02. The van der Waals surface area contributed by atoms with Gasteiger partial charge in [-0.3, -0.25) is 4.79 Å². The number of hydrogen-bond acceptors (Lipinski definition) is 6. The molecule has 1 aliphatic carbocycles. The molecule has 136 valence electrons. The lowest BCUT2D eigenvalue weighted by atomic mass is 9.95. The average molecular weight is 354 g/mol. The number of aromatic nitrogens is 2. The summed E-state index contributed by atoms with van der Waals surface area (Å²) in [4.78, 5) is 32.4. The second kappa shape index (κ2) is 8.42. The summed E-state index contributed by atoms with van der Waals surface area (Å²) in [5, 5.41) is 6.05. The molecule has 1 aromatic carbocycles. The number of nitrogens with zero attached hydrogens (tertiary/aromatic N) is 2. The van der Waals surface area contributed by atoms with E-state index in [1.807, 2.05) is 0 Å². The van der Waals surface area contributed by atoms with E-state index in [0.29, 0.717) is 22.9 Å². The molecular formula is C19H22N4O3. The summed E-state index contributed by atoms with van der Waals surface area (Å²) in [5.74, 6) is -0.316. The van der Waals surface area contributed by atoms with E-state index >= 15 is 0 Å². The third-order valence-corrected chi connectivity index (χ3v) is 4.37. The summed E-state index contributed by atoms with van der Waals surface area (Å²) in [7, 11) is 1.33. The lowest BCUT2D eigenvalue weighted by Crippen LogP contribution is -2.36. The molecule has 1 aromatic heterocycles. The first-order chi connectivity index (χ1) is 12.7. The standard InChI is InChI=1S/C19H22N4O3/c1-26-18(25)13-6-5-9-15(12-13)22-19-20-11-10-16(23-19)17(24)21-14-7-3-2-4-8-14/h5-6,9-12,14H,2-4,7-8H2,1H3,(H,21,24)(H,20,22,23). The molecule has 1 amide bonds. The van der Waals surface area contributed by atoms with Gasteiger partial charge < -0.3 is 15.4 Å². The van der Waals surface area contributed by atoms with Crippen LogP contribution < -0.4 is 10.6 Å². The van der Waals surface area contributed by atoms with E-state index < -0.39 is 5.97 Å². The van der Waals surface area contributed by atoms with Gasteiger partial charge in [0.2, 0.25) is 5.95 Å². The van der Waals surface area contributed by atoms with E-state index in [1.165, 1.54) is 19.7 Å². The molecule has 1 fully saturated rings. The topological polar surface area (TPSA) is 93.2 Å². The number of hydrogen-bond donors (Lipinski definition) is 2. The first-order valence-electron chi connectivity index (χ1n) is 8.75. The van der Waals surface area contributed by atoms with Crippen molar-refractivity contribution in [2.45, 2.75) is 38.1 Å². The Balaban J connectivity index is 1.69. The van der Waals surface area contributed by atoms with Crippen LogP contribution in [0.5, 0.6) is 0 Å². The van der Waals surface area contributed by atoms with Crippen LogP contribution in [0.2, 0.25) is 0 Å². The van der Waals surface area contributed by atoms with Crippen LogP contribution in [-0.2, 0) is 4.74 Å². The summed E-state index contributed by atoms with van der Waals surface area (Å²) < 4.78 is 4.71. The number of esters is 1. The number of amides is 1. The van der Waals surface area contributed by atoms with E-state index in [4.69, 9.17) is 4.74 Å². The average Bonchev–Trinajstić information content (AvgIpc) is 2.68. The first kappa shape index (κ1) is 17.8. The molecule has 0 radical (unpaired) electrons. The van der Waals surface area contributed by atoms with Crippen LogP contribution in [0.25, 0.3) is 0 Å². The highest BCUT2D eigenvalue weighted by atomic mass is 16.5. The fraction of sp³-hybridized carbons (Fsp3) is 0.368. The molecule has 7 heteroatoms. The molecule has 26 heavy (non-hydrogen) atoms. The number of methoxy groups -OCH3 is 1. The zero-order valence-corrected chi connectivity index (χ0v) is 14.7. The van der Waals surface area contributed by atoms with Gasteiger partial charge in [-0.15, -0.1) is 0 Å². The third kappa shape index (κ3) is 4.56. The van der Waals surface area contributed by atoms with Crippen molar-refractivity contribution < 1.29 is 14.3 Å². The summed E-state index contributed by atoms with van der Waals surface area (Å²) in [6.07, 6.45) is 7.11. The Hall–Kier alpha value is -2.96. The Bertz CT molecular complexity index is 788. The minimum absolute atomic E-state index is 0.189. The van der Waals surface area contributed by atoms with Crippen molar-refractivity contribution in [2.75, 3.05) is 12.4 Å². The summed E-state index contributed by atoms with van der Waals surface area (Å²) in [6.45, 7) is 0. The second-order valence-electron chi connectivity index (χ2n) is 6.27. The molecule has 0 atom stereocenters. The summed E-state index contributed by atoms with van der Waals surface area (Å²) in [6, 6.07) is 8.63. The molecule has 2 aromatic rings. The highest BCUT2D eigenvalue weighted by molar-refractivity contribution is 5.93. The highest BCUT2D eigenvalue weighted by Crippen LogP contribution is 2.18. The minimum Gasteiger partial charge on any atom is -0.465 e. The molecule has 1 aliphatic rings. The third-order valence-electron chi connectivity index (χ3n) is 4.37. The fourth-order valence-electron chi connectivity index (χ4n) is 3.02. The molecule has 3 rings (SSSR count). The quantitative estimate of drug-likeness (QED) is 0.802. The molecular weight excluding hydrogens is 332 g/mol. The zero-order chi connectivity index (χ0) is 18.4. The van der Waals surface area contributed by atoms with Crippen molar-refractivity contribution in [3.63, 3.8) is 0 Å². The van der Waals surface area contributed by atoms with Gasteiger partial charge in [-0.05, 0) is 37.1 Å². The van der Waals surface area contributed by atoms with Gasteiger partial charge in [-0.1, -0.05) is 25.3 Å². The van der Waals surface area contributed by atoms with E-state index in [9.17, 15) is 9.59 Å². The van der Waals surface area contributed by atoms with E-state index in [2.05, 4.69) is 20.6 Å². The van der Waals surface area contributed by atoms with Crippen LogP contribution in [0.15, 0.2) is 36.5 Å². The monoisotopic (exact) mass is 354 g/mol. The van der Waals surface area contributed by atoms with Gasteiger partial charge in [0.25, 0.3) is 5.91 Å². The molecule has 7 nitrogen and oxygen atoms in total. The predicted octanol–water partition coefficient (Wildman–Crippen LogP) is 3.07. The largest absolute Gasteiger partial charge is 0.465 e. The SMILES string of the molecule is COC(=O)c1cccc(Nc2nccc(C(=O)NC3CCCCC3)n2)c1. The van der Waals surface area contributed by atoms with Gasteiger partial charge in [-0.2, -0.15) is 0 Å². The van der Waals surface area contributed by atoms with Crippen LogP contribution in [0.4, 0.5) is 11.6 Å². The Labute approximate surface area is 152 Å². The number of anilines is 2.